The summed E-state index contributed by atoms with van der Waals surface area (Å²) in [5.41, 5.74) is 0.501. The number of hydrogen-bond acceptors (Lipinski definition) is 6. The van der Waals surface area contributed by atoms with Gasteiger partial charge in [0.25, 0.3) is 5.91 Å². The smallest absolute Gasteiger partial charge is 0.323 e. The van der Waals surface area contributed by atoms with Gasteiger partial charge in [-0.05, 0) is 12.1 Å². The number of aromatic nitrogens is 5. The molecule has 0 bridgehead atoms. The van der Waals surface area contributed by atoms with Gasteiger partial charge in [-0.1, -0.05) is 5.16 Å². The molecule has 3 rings (SSSR count). The van der Waals surface area contributed by atoms with Gasteiger partial charge in [-0.2, -0.15) is 4.98 Å². The van der Waals surface area contributed by atoms with E-state index in [4.69, 9.17) is 4.52 Å². The first kappa shape index (κ1) is 13.7. The van der Waals surface area contributed by atoms with Crippen LogP contribution >= 0.6 is 0 Å². The molecule has 3 N–H and O–H groups in total. The van der Waals surface area contributed by atoms with Crippen LogP contribution in [0.4, 0.5) is 0 Å². The van der Waals surface area contributed by atoms with Crippen LogP contribution in [-0.2, 0) is 6.42 Å². The molecule has 0 saturated heterocycles. The minimum Gasteiger partial charge on any atom is -0.350 e. The van der Waals surface area contributed by atoms with Crippen LogP contribution in [0.25, 0.3) is 11.4 Å². The maximum absolute atomic E-state index is 11.7. The molecule has 0 atom stereocenters. The van der Waals surface area contributed by atoms with E-state index in [0.29, 0.717) is 24.7 Å². The van der Waals surface area contributed by atoms with E-state index in [0.717, 1.165) is 5.56 Å². The molecular formula is C13H12N6O3. The van der Waals surface area contributed by atoms with Crippen molar-refractivity contribution in [3.8, 4) is 11.4 Å². The fourth-order valence-electron chi connectivity index (χ4n) is 1.80. The van der Waals surface area contributed by atoms with Crippen molar-refractivity contribution >= 4 is 5.91 Å². The van der Waals surface area contributed by atoms with Crippen molar-refractivity contribution < 1.29 is 9.32 Å². The first-order valence-electron chi connectivity index (χ1n) is 6.51. The third kappa shape index (κ3) is 3.08. The summed E-state index contributed by atoms with van der Waals surface area (Å²) in [6, 6.07) is 3.61. The van der Waals surface area contributed by atoms with Crippen molar-refractivity contribution in [1.29, 1.82) is 0 Å². The number of hydrogen-bond donors (Lipinski definition) is 3. The quantitative estimate of drug-likeness (QED) is 0.613. The highest BCUT2D eigenvalue weighted by Crippen LogP contribution is 2.13. The third-order valence-electron chi connectivity index (χ3n) is 2.85. The molecule has 0 fully saturated rings. The summed E-state index contributed by atoms with van der Waals surface area (Å²) in [6.07, 6.45) is 4.99. The lowest BCUT2D eigenvalue weighted by molar-refractivity contribution is 0.0949. The molecule has 0 saturated carbocycles. The molecule has 0 unspecified atom stereocenters. The Bertz CT molecular complexity index is 819. The predicted molar refractivity (Wildman–Crippen MR) is 75.0 cm³/mol. The second kappa shape index (κ2) is 6.04. The van der Waals surface area contributed by atoms with E-state index in [2.05, 4.69) is 30.4 Å². The lowest BCUT2D eigenvalue weighted by Crippen LogP contribution is -2.26. The molecule has 9 heteroatoms. The van der Waals surface area contributed by atoms with E-state index in [1.54, 1.807) is 18.5 Å². The average molecular weight is 300 g/mol. The summed E-state index contributed by atoms with van der Waals surface area (Å²) in [5, 5.41) is 6.49. The van der Waals surface area contributed by atoms with Gasteiger partial charge in [0.15, 0.2) is 0 Å². The molecule has 0 aliphatic carbocycles. The van der Waals surface area contributed by atoms with E-state index >= 15 is 0 Å². The van der Waals surface area contributed by atoms with E-state index in [1.165, 1.54) is 6.20 Å². The van der Waals surface area contributed by atoms with Crippen molar-refractivity contribution in [3.05, 3.63) is 52.8 Å². The number of imidazole rings is 1. The number of H-pyrrole nitrogens is 2. The molecule has 0 aromatic carbocycles. The van der Waals surface area contributed by atoms with E-state index in [-0.39, 0.29) is 11.6 Å². The number of carbonyl (C=O) groups is 1. The lowest BCUT2D eigenvalue weighted by Gasteiger charge is -1.99. The number of amides is 1. The number of nitrogens with one attached hydrogen (secondary N) is 3. The first-order chi connectivity index (χ1) is 10.7. The molecule has 112 valence electrons. The fraction of sp³-hybridized carbons (Fsp3) is 0.154. The number of carbonyl (C=O) groups excluding carboxylic acids is 1. The Kier molecular flexibility index (Phi) is 3.77. The van der Waals surface area contributed by atoms with E-state index < -0.39 is 5.69 Å². The minimum atomic E-state index is -0.428. The average Bonchev–Trinajstić information content (AvgIpc) is 3.17. The highest BCUT2D eigenvalue weighted by atomic mass is 16.5. The van der Waals surface area contributed by atoms with Crippen molar-refractivity contribution in [3.63, 3.8) is 0 Å². The second-order valence-corrected chi connectivity index (χ2v) is 4.42. The normalized spacial score (nSPS) is 10.5. The van der Waals surface area contributed by atoms with E-state index in [9.17, 15) is 9.59 Å². The van der Waals surface area contributed by atoms with Crippen LogP contribution in [0.3, 0.4) is 0 Å². The Balaban J connectivity index is 1.55. The minimum absolute atomic E-state index is 0.173. The summed E-state index contributed by atoms with van der Waals surface area (Å²) in [6.45, 7) is 0.306. The summed E-state index contributed by atoms with van der Waals surface area (Å²) >= 11 is 0. The zero-order valence-corrected chi connectivity index (χ0v) is 11.4. The predicted octanol–water partition coefficient (Wildman–Crippen LogP) is 0.120. The van der Waals surface area contributed by atoms with Gasteiger partial charge in [-0.3, -0.25) is 9.78 Å². The summed E-state index contributed by atoms with van der Waals surface area (Å²) in [7, 11) is 0. The zero-order chi connectivity index (χ0) is 15.4. The number of nitrogens with zero attached hydrogens (tertiary/aromatic N) is 3. The Hall–Kier alpha value is -3.23. The van der Waals surface area contributed by atoms with Gasteiger partial charge in [0.05, 0.1) is 0 Å². The van der Waals surface area contributed by atoms with Gasteiger partial charge in [0, 0.05) is 37.1 Å². The van der Waals surface area contributed by atoms with Crippen molar-refractivity contribution in [2.75, 3.05) is 6.54 Å². The van der Waals surface area contributed by atoms with Crippen LogP contribution in [0.2, 0.25) is 0 Å². The molecule has 0 aliphatic rings. The highest BCUT2D eigenvalue weighted by Gasteiger charge is 2.10. The molecule has 9 nitrogen and oxygen atoms in total. The van der Waals surface area contributed by atoms with Gasteiger partial charge in [-0.25, -0.2) is 4.79 Å². The molecule has 0 aliphatic heterocycles. The lowest BCUT2D eigenvalue weighted by atomic mass is 10.3. The van der Waals surface area contributed by atoms with Crippen LogP contribution in [0.1, 0.15) is 16.4 Å². The SMILES string of the molecule is O=C(NCCc1nc(-c2cccnc2)no1)c1c[nH]c(=O)[nH]1. The standard InChI is InChI=1S/C13H12N6O3/c20-12(9-7-16-13(21)17-9)15-5-3-10-18-11(19-22-10)8-2-1-4-14-6-8/h1-2,4,6-7H,3,5H2,(H,15,20)(H2,16,17,21). The maximum atomic E-state index is 11.7. The second-order valence-electron chi connectivity index (χ2n) is 4.42. The van der Waals surface area contributed by atoms with Crippen LogP contribution in [-0.4, -0.2) is 37.5 Å². The van der Waals surface area contributed by atoms with Crippen molar-refractivity contribution in [2.24, 2.45) is 0 Å². The fourth-order valence-corrected chi connectivity index (χ4v) is 1.80. The zero-order valence-electron chi connectivity index (χ0n) is 11.4. The topological polar surface area (TPSA) is 130 Å². The molecule has 22 heavy (non-hydrogen) atoms. The summed E-state index contributed by atoms with van der Waals surface area (Å²) in [5.74, 6) is 0.469. The van der Waals surface area contributed by atoms with Gasteiger partial charge < -0.3 is 19.8 Å². The van der Waals surface area contributed by atoms with E-state index in [1.807, 2.05) is 6.07 Å². The first-order valence-corrected chi connectivity index (χ1v) is 6.51. The van der Waals surface area contributed by atoms with Crippen LogP contribution in [0, 0.1) is 0 Å². The Morgan fingerprint density at radius 1 is 1.41 bits per heavy atom. The molecule has 1 amide bonds. The summed E-state index contributed by atoms with van der Waals surface area (Å²) in [4.78, 5) is 35.5. The highest BCUT2D eigenvalue weighted by molar-refractivity contribution is 5.91. The van der Waals surface area contributed by atoms with Crippen LogP contribution in [0.5, 0.6) is 0 Å². The monoisotopic (exact) mass is 300 g/mol. The van der Waals surface area contributed by atoms with Crippen LogP contribution < -0.4 is 11.0 Å². The Morgan fingerprint density at radius 2 is 2.32 bits per heavy atom. The summed E-state index contributed by atoms with van der Waals surface area (Å²) < 4.78 is 5.11. The molecule has 0 spiro atoms. The third-order valence-corrected chi connectivity index (χ3v) is 2.85. The molecule has 3 aromatic rings. The molecule has 0 radical (unpaired) electrons. The van der Waals surface area contributed by atoms with Crippen molar-refractivity contribution in [2.45, 2.75) is 6.42 Å². The molecular weight excluding hydrogens is 288 g/mol. The van der Waals surface area contributed by atoms with Gasteiger partial charge in [0.1, 0.15) is 5.69 Å². The molecule has 3 aromatic heterocycles. The number of rotatable bonds is 5. The van der Waals surface area contributed by atoms with Crippen molar-refractivity contribution in [1.82, 2.24) is 30.4 Å². The Morgan fingerprint density at radius 3 is 3.05 bits per heavy atom. The number of pyridine rings is 1. The van der Waals surface area contributed by atoms with Gasteiger partial charge in [0.2, 0.25) is 11.7 Å². The number of aromatic amines is 2. The Labute approximate surface area is 123 Å². The molecule has 3 heterocycles. The van der Waals surface area contributed by atoms with Gasteiger partial charge >= 0.3 is 5.69 Å². The largest absolute Gasteiger partial charge is 0.350 e. The maximum Gasteiger partial charge on any atom is 0.323 e. The van der Waals surface area contributed by atoms with Gasteiger partial charge in [-0.15, -0.1) is 0 Å². The van der Waals surface area contributed by atoms with Crippen LogP contribution in [0.15, 0.2) is 40.0 Å².